The fraction of sp³-hybridized carbons (Fsp3) is 0.500. The largest absolute Gasteiger partial charge is 0.481 e. The van der Waals surface area contributed by atoms with Crippen molar-refractivity contribution in [3.8, 4) is 0 Å². The molecule has 130 valence electrons. The number of sulfonamides is 1. The maximum Gasteiger partial charge on any atom is 0.307 e. The summed E-state index contributed by atoms with van der Waals surface area (Å²) in [6.07, 6.45) is 1.02. The maximum atomic E-state index is 12.7. The Balaban J connectivity index is 3.45. The van der Waals surface area contributed by atoms with Crippen molar-refractivity contribution >= 4 is 25.8 Å². The zero-order chi connectivity index (χ0) is 18.2. The van der Waals surface area contributed by atoms with Gasteiger partial charge in [0.1, 0.15) is 0 Å². The van der Waals surface area contributed by atoms with Gasteiger partial charge < -0.3 is 5.11 Å². The predicted octanol–water partition coefficient (Wildman–Crippen LogP) is 1.05. The standard InChI is InChI=1S/C14H21NO6S2/c1-9-6-12(22(5,18)19)11(3)13(7-9)23(20,21)15(4)8-10(2)14(16)17/h6-7,10H,8H2,1-5H3,(H,16,17). The highest BCUT2D eigenvalue weighted by Gasteiger charge is 2.28. The highest BCUT2D eigenvalue weighted by Crippen LogP contribution is 2.27. The summed E-state index contributed by atoms with van der Waals surface area (Å²) in [4.78, 5) is 10.7. The molecule has 0 aromatic heterocycles. The van der Waals surface area contributed by atoms with Crippen LogP contribution in [0, 0.1) is 19.8 Å². The lowest BCUT2D eigenvalue weighted by atomic mass is 10.2. The van der Waals surface area contributed by atoms with Crippen molar-refractivity contribution in [2.45, 2.75) is 30.6 Å². The van der Waals surface area contributed by atoms with Crippen LogP contribution in [0.15, 0.2) is 21.9 Å². The van der Waals surface area contributed by atoms with Gasteiger partial charge in [-0.25, -0.2) is 21.1 Å². The topological polar surface area (TPSA) is 109 Å². The molecule has 9 heteroatoms. The third kappa shape index (κ3) is 4.30. The van der Waals surface area contributed by atoms with Gasteiger partial charge in [-0.15, -0.1) is 0 Å². The summed E-state index contributed by atoms with van der Waals surface area (Å²) in [5.41, 5.74) is 0.627. The molecule has 0 saturated heterocycles. The van der Waals surface area contributed by atoms with Gasteiger partial charge in [0.25, 0.3) is 0 Å². The van der Waals surface area contributed by atoms with Gasteiger partial charge in [0.15, 0.2) is 9.84 Å². The molecule has 1 aromatic rings. The maximum absolute atomic E-state index is 12.7. The number of carboxylic acid groups (broad SMARTS) is 1. The number of hydrogen-bond acceptors (Lipinski definition) is 5. The predicted molar refractivity (Wildman–Crippen MR) is 85.6 cm³/mol. The normalized spacial score (nSPS) is 14.0. The Labute approximate surface area is 136 Å². The first-order chi connectivity index (χ1) is 10.3. The molecular formula is C14H21NO6S2. The van der Waals surface area contributed by atoms with E-state index in [2.05, 4.69) is 0 Å². The van der Waals surface area contributed by atoms with Crippen LogP contribution in [0.2, 0.25) is 0 Å². The average molecular weight is 363 g/mol. The Bertz CT molecular complexity index is 827. The van der Waals surface area contributed by atoms with E-state index in [1.54, 1.807) is 6.92 Å². The highest BCUT2D eigenvalue weighted by atomic mass is 32.2. The van der Waals surface area contributed by atoms with Crippen molar-refractivity contribution < 1.29 is 26.7 Å². The van der Waals surface area contributed by atoms with Crippen LogP contribution in [-0.2, 0) is 24.7 Å². The molecule has 0 bridgehead atoms. The molecule has 1 N–H and O–H groups in total. The molecule has 7 nitrogen and oxygen atoms in total. The summed E-state index contributed by atoms with van der Waals surface area (Å²) in [5, 5.41) is 8.92. The Hall–Kier alpha value is -1.45. The van der Waals surface area contributed by atoms with E-state index in [0.29, 0.717) is 5.56 Å². The van der Waals surface area contributed by atoms with Crippen molar-refractivity contribution in [2.75, 3.05) is 19.8 Å². The fourth-order valence-electron chi connectivity index (χ4n) is 2.18. The van der Waals surface area contributed by atoms with Crippen molar-refractivity contribution in [3.05, 3.63) is 23.3 Å². The molecule has 0 spiro atoms. The number of aryl methyl sites for hydroxylation is 1. The lowest BCUT2D eigenvalue weighted by molar-refractivity contribution is -0.141. The van der Waals surface area contributed by atoms with Gasteiger partial charge in [0.05, 0.1) is 15.7 Å². The summed E-state index contributed by atoms with van der Waals surface area (Å²) in [5.74, 6) is -1.99. The molecule has 1 rings (SSSR count). The van der Waals surface area contributed by atoms with Gasteiger partial charge >= 0.3 is 5.97 Å². The molecule has 1 atom stereocenters. The smallest absolute Gasteiger partial charge is 0.307 e. The lowest BCUT2D eigenvalue weighted by Crippen LogP contribution is -2.34. The molecule has 0 aliphatic carbocycles. The first-order valence-electron chi connectivity index (χ1n) is 6.79. The number of rotatable bonds is 6. The van der Waals surface area contributed by atoms with Crippen LogP contribution >= 0.6 is 0 Å². The van der Waals surface area contributed by atoms with Crippen molar-refractivity contribution in [1.29, 1.82) is 0 Å². The van der Waals surface area contributed by atoms with Crippen LogP contribution in [0.4, 0.5) is 0 Å². The molecule has 1 unspecified atom stereocenters. The van der Waals surface area contributed by atoms with Crippen LogP contribution in [-0.4, -0.2) is 52.1 Å². The minimum absolute atomic E-state index is 0.0456. The van der Waals surface area contributed by atoms with Crippen LogP contribution in [0.5, 0.6) is 0 Å². The van der Waals surface area contributed by atoms with Crippen LogP contribution in [0.3, 0.4) is 0 Å². The molecule has 0 heterocycles. The average Bonchev–Trinajstić information content (AvgIpc) is 2.39. The number of aliphatic carboxylic acids is 1. The van der Waals surface area contributed by atoms with Gasteiger partial charge in [0.2, 0.25) is 10.0 Å². The van der Waals surface area contributed by atoms with Crippen LogP contribution < -0.4 is 0 Å². The van der Waals surface area contributed by atoms with E-state index in [0.717, 1.165) is 10.6 Å². The third-order valence-electron chi connectivity index (χ3n) is 3.50. The van der Waals surface area contributed by atoms with Crippen molar-refractivity contribution in [1.82, 2.24) is 4.31 Å². The summed E-state index contributed by atoms with van der Waals surface area (Å²) in [7, 11) is -6.30. The third-order valence-corrected chi connectivity index (χ3v) is 6.67. The number of hydrogen-bond donors (Lipinski definition) is 1. The zero-order valence-electron chi connectivity index (χ0n) is 13.7. The molecule has 1 aromatic carbocycles. The van der Waals surface area contributed by atoms with Gasteiger partial charge in [-0.05, 0) is 37.1 Å². The lowest BCUT2D eigenvalue weighted by Gasteiger charge is -2.21. The Kier molecular flexibility index (Phi) is 5.61. The summed E-state index contributed by atoms with van der Waals surface area (Å²) >= 11 is 0. The van der Waals surface area contributed by atoms with E-state index in [9.17, 15) is 21.6 Å². The molecule has 0 aliphatic rings. The van der Waals surface area contributed by atoms with Crippen molar-refractivity contribution in [3.63, 3.8) is 0 Å². The second-order valence-corrected chi connectivity index (χ2v) is 9.68. The van der Waals surface area contributed by atoms with Gasteiger partial charge in [0, 0.05) is 19.8 Å². The number of sulfone groups is 1. The minimum Gasteiger partial charge on any atom is -0.481 e. The van der Waals surface area contributed by atoms with E-state index < -0.39 is 31.7 Å². The number of carboxylic acids is 1. The van der Waals surface area contributed by atoms with Gasteiger partial charge in [-0.2, -0.15) is 0 Å². The molecule has 0 saturated carbocycles. The monoisotopic (exact) mass is 363 g/mol. The van der Waals surface area contributed by atoms with E-state index in [4.69, 9.17) is 5.11 Å². The molecule has 0 radical (unpaired) electrons. The minimum atomic E-state index is -4.00. The molecule has 0 amide bonds. The fourth-order valence-corrected chi connectivity index (χ4v) is 4.89. The van der Waals surface area contributed by atoms with Crippen LogP contribution in [0.25, 0.3) is 0 Å². The Morgan fingerprint density at radius 1 is 1.17 bits per heavy atom. The van der Waals surface area contributed by atoms with E-state index >= 15 is 0 Å². The number of benzene rings is 1. The zero-order valence-corrected chi connectivity index (χ0v) is 15.3. The Morgan fingerprint density at radius 3 is 2.09 bits per heavy atom. The molecule has 0 aliphatic heterocycles. The van der Waals surface area contributed by atoms with Gasteiger partial charge in [-0.3, -0.25) is 4.79 Å². The summed E-state index contributed by atoms with van der Waals surface area (Å²) in [6, 6.07) is 2.81. The summed E-state index contributed by atoms with van der Waals surface area (Å²) in [6.45, 7) is 4.23. The molecule has 23 heavy (non-hydrogen) atoms. The summed E-state index contributed by atoms with van der Waals surface area (Å²) < 4.78 is 50.0. The molecular weight excluding hydrogens is 342 g/mol. The van der Waals surface area contributed by atoms with Crippen LogP contribution in [0.1, 0.15) is 18.1 Å². The van der Waals surface area contributed by atoms with E-state index in [-0.39, 0.29) is 21.9 Å². The number of nitrogens with zero attached hydrogens (tertiary/aromatic N) is 1. The van der Waals surface area contributed by atoms with Gasteiger partial charge in [-0.1, -0.05) is 6.92 Å². The van der Waals surface area contributed by atoms with E-state index in [1.807, 2.05) is 0 Å². The first-order valence-corrected chi connectivity index (χ1v) is 10.1. The first kappa shape index (κ1) is 19.6. The Morgan fingerprint density at radius 2 is 1.65 bits per heavy atom. The number of carbonyl (C=O) groups is 1. The van der Waals surface area contributed by atoms with E-state index in [1.165, 1.54) is 33.0 Å². The quantitative estimate of drug-likeness (QED) is 0.809. The second kappa shape index (κ2) is 6.58. The SMILES string of the molecule is Cc1cc(S(C)(=O)=O)c(C)c(S(=O)(=O)N(C)CC(C)C(=O)O)c1. The highest BCUT2D eigenvalue weighted by molar-refractivity contribution is 7.91. The van der Waals surface area contributed by atoms with Crippen molar-refractivity contribution in [2.24, 2.45) is 5.92 Å². The molecule has 0 fully saturated rings. The second-order valence-electron chi connectivity index (χ2n) is 5.68.